The molecule has 0 fully saturated rings. The van der Waals surface area contributed by atoms with Crippen molar-refractivity contribution in [3.8, 4) is 11.5 Å². The molecule has 2 aromatic carbocycles. The van der Waals surface area contributed by atoms with E-state index in [9.17, 15) is 9.59 Å². The van der Waals surface area contributed by atoms with Crippen LogP contribution in [0.25, 0.3) is 0 Å². The highest BCUT2D eigenvalue weighted by Gasteiger charge is 2.19. The van der Waals surface area contributed by atoms with Gasteiger partial charge in [-0.1, -0.05) is 30.7 Å². The third kappa shape index (κ3) is 4.23. The minimum atomic E-state index is -1.23. The van der Waals surface area contributed by atoms with Crippen LogP contribution in [-0.4, -0.2) is 23.7 Å². The maximum Gasteiger partial charge on any atom is 0.347 e. The maximum absolute atomic E-state index is 12.3. The van der Waals surface area contributed by atoms with Crippen LogP contribution in [0.3, 0.4) is 0 Å². The van der Waals surface area contributed by atoms with Crippen molar-refractivity contribution in [2.75, 3.05) is 6.61 Å². The molecule has 2 rings (SSSR count). The van der Waals surface area contributed by atoms with Crippen molar-refractivity contribution in [2.45, 2.75) is 13.3 Å². The van der Waals surface area contributed by atoms with Gasteiger partial charge >= 0.3 is 11.9 Å². The van der Waals surface area contributed by atoms with Crippen LogP contribution in [0.1, 0.15) is 34.1 Å². The lowest BCUT2D eigenvalue weighted by atomic mass is 10.2. The third-order valence-electron chi connectivity index (χ3n) is 2.94. The van der Waals surface area contributed by atoms with Crippen LogP contribution >= 0.6 is 11.6 Å². The number of carboxylic acid groups (broad SMARTS) is 1. The molecule has 0 atom stereocenters. The number of carbonyl (C=O) groups is 2. The highest BCUT2D eigenvalue weighted by Crippen LogP contribution is 2.26. The molecule has 0 amide bonds. The van der Waals surface area contributed by atoms with E-state index in [2.05, 4.69) is 0 Å². The average Bonchev–Trinajstić information content (AvgIpc) is 2.54. The molecule has 2 aromatic rings. The molecule has 0 saturated heterocycles. The minimum absolute atomic E-state index is 0.0720. The first-order valence-electron chi connectivity index (χ1n) is 6.99. The van der Waals surface area contributed by atoms with E-state index in [0.29, 0.717) is 12.4 Å². The molecule has 0 aliphatic carbocycles. The number of ether oxygens (including phenoxy) is 2. The van der Waals surface area contributed by atoms with Gasteiger partial charge in [0.1, 0.15) is 22.6 Å². The van der Waals surface area contributed by atoms with Gasteiger partial charge in [-0.3, -0.25) is 0 Å². The number of carboxylic acids is 1. The molecule has 23 heavy (non-hydrogen) atoms. The zero-order valence-electron chi connectivity index (χ0n) is 12.4. The Labute approximate surface area is 138 Å². The number of rotatable bonds is 6. The maximum atomic E-state index is 12.3. The van der Waals surface area contributed by atoms with Crippen LogP contribution in [0.4, 0.5) is 0 Å². The van der Waals surface area contributed by atoms with Gasteiger partial charge in [0.05, 0.1) is 6.61 Å². The van der Waals surface area contributed by atoms with Gasteiger partial charge in [0.25, 0.3) is 0 Å². The van der Waals surface area contributed by atoms with Crippen molar-refractivity contribution in [2.24, 2.45) is 0 Å². The highest BCUT2D eigenvalue weighted by molar-refractivity contribution is 6.31. The largest absolute Gasteiger partial charge is 0.493 e. The molecule has 0 aromatic heterocycles. The van der Waals surface area contributed by atoms with Gasteiger partial charge in [0, 0.05) is 5.02 Å². The number of hydrogen-bond donors (Lipinski definition) is 1. The first-order chi connectivity index (χ1) is 11.0. The Morgan fingerprint density at radius 2 is 1.83 bits per heavy atom. The molecule has 6 heteroatoms. The summed E-state index contributed by atoms with van der Waals surface area (Å²) < 4.78 is 10.7. The first-order valence-corrected chi connectivity index (χ1v) is 7.37. The summed E-state index contributed by atoms with van der Waals surface area (Å²) in [6.45, 7) is 2.42. The standard InChI is InChI=1S/C17H15ClO5/c1-2-9-22-14-6-4-3-5-12(14)17(21)23-15-8-7-11(18)10-13(15)16(19)20/h3-8,10H,2,9H2,1H3,(H,19,20). The lowest BCUT2D eigenvalue weighted by Gasteiger charge is -2.11. The fourth-order valence-electron chi connectivity index (χ4n) is 1.89. The smallest absolute Gasteiger partial charge is 0.347 e. The second-order valence-corrected chi connectivity index (χ2v) is 5.12. The summed E-state index contributed by atoms with van der Waals surface area (Å²) in [6.07, 6.45) is 0.795. The van der Waals surface area contributed by atoms with Crippen LogP contribution < -0.4 is 9.47 Å². The number of halogens is 1. The number of carbonyl (C=O) groups excluding carboxylic acids is 1. The van der Waals surface area contributed by atoms with E-state index >= 15 is 0 Å². The summed E-state index contributed by atoms with van der Waals surface area (Å²) in [4.78, 5) is 23.6. The van der Waals surface area contributed by atoms with E-state index in [4.69, 9.17) is 26.2 Å². The zero-order valence-corrected chi connectivity index (χ0v) is 13.2. The Morgan fingerprint density at radius 3 is 2.52 bits per heavy atom. The molecule has 0 bridgehead atoms. The van der Waals surface area contributed by atoms with Crippen molar-refractivity contribution in [1.29, 1.82) is 0 Å². The summed E-state index contributed by atoms with van der Waals surface area (Å²) in [5, 5.41) is 9.41. The molecule has 0 unspecified atom stereocenters. The average molecular weight is 335 g/mol. The van der Waals surface area contributed by atoms with Gasteiger partial charge in [-0.05, 0) is 36.8 Å². The van der Waals surface area contributed by atoms with Crippen molar-refractivity contribution < 1.29 is 24.2 Å². The Bertz CT molecular complexity index is 727. The third-order valence-corrected chi connectivity index (χ3v) is 3.18. The first kappa shape index (κ1) is 16.8. The Kier molecular flexibility index (Phi) is 5.60. The summed E-state index contributed by atoms with van der Waals surface area (Å²) in [5.74, 6) is -1.60. The van der Waals surface area contributed by atoms with Gasteiger partial charge in [-0.25, -0.2) is 9.59 Å². The number of aromatic carboxylic acids is 1. The molecule has 5 nitrogen and oxygen atoms in total. The molecule has 0 aliphatic heterocycles. The highest BCUT2D eigenvalue weighted by atomic mass is 35.5. The van der Waals surface area contributed by atoms with E-state index in [1.165, 1.54) is 18.2 Å². The second kappa shape index (κ2) is 7.65. The van der Waals surface area contributed by atoms with Crippen molar-refractivity contribution in [3.63, 3.8) is 0 Å². The molecular formula is C17H15ClO5. The molecule has 0 aliphatic rings. The summed E-state index contributed by atoms with van der Waals surface area (Å²) in [7, 11) is 0. The molecule has 120 valence electrons. The summed E-state index contributed by atoms with van der Waals surface area (Å²) in [5.41, 5.74) is 0.0463. The van der Waals surface area contributed by atoms with Crippen LogP contribution in [0.5, 0.6) is 11.5 Å². The number of hydrogen-bond acceptors (Lipinski definition) is 4. The molecule has 0 heterocycles. The van der Waals surface area contributed by atoms with Crippen LogP contribution in [-0.2, 0) is 0 Å². The number of para-hydroxylation sites is 1. The van der Waals surface area contributed by atoms with E-state index in [1.807, 2.05) is 6.92 Å². The normalized spacial score (nSPS) is 10.2. The Morgan fingerprint density at radius 1 is 1.09 bits per heavy atom. The fraction of sp³-hybridized carbons (Fsp3) is 0.176. The minimum Gasteiger partial charge on any atom is -0.493 e. The summed E-state index contributed by atoms with van der Waals surface area (Å²) in [6, 6.07) is 10.7. The van der Waals surface area contributed by atoms with Gasteiger partial charge in [0.15, 0.2) is 0 Å². The molecule has 0 spiro atoms. The van der Waals surface area contributed by atoms with Gasteiger partial charge in [0.2, 0.25) is 0 Å². The monoisotopic (exact) mass is 334 g/mol. The van der Waals surface area contributed by atoms with Crippen LogP contribution in [0.2, 0.25) is 5.02 Å². The van der Waals surface area contributed by atoms with Crippen LogP contribution in [0, 0.1) is 0 Å². The SMILES string of the molecule is CCCOc1ccccc1C(=O)Oc1ccc(Cl)cc1C(=O)O. The fourth-order valence-corrected chi connectivity index (χ4v) is 2.06. The molecule has 0 radical (unpaired) electrons. The Balaban J connectivity index is 2.28. The van der Waals surface area contributed by atoms with E-state index in [0.717, 1.165) is 6.42 Å². The molecule has 0 saturated carbocycles. The van der Waals surface area contributed by atoms with Crippen molar-refractivity contribution >= 4 is 23.5 Å². The van der Waals surface area contributed by atoms with Crippen LogP contribution in [0.15, 0.2) is 42.5 Å². The predicted octanol–water partition coefficient (Wildman–Crippen LogP) is 4.05. The molecular weight excluding hydrogens is 320 g/mol. The van der Waals surface area contributed by atoms with Gasteiger partial charge in [-0.15, -0.1) is 0 Å². The van der Waals surface area contributed by atoms with E-state index in [-0.39, 0.29) is 21.9 Å². The van der Waals surface area contributed by atoms with Crippen molar-refractivity contribution in [1.82, 2.24) is 0 Å². The topological polar surface area (TPSA) is 72.8 Å². The van der Waals surface area contributed by atoms with Gasteiger partial charge < -0.3 is 14.6 Å². The number of esters is 1. The Hall–Kier alpha value is -2.53. The predicted molar refractivity (Wildman–Crippen MR) is 85.6 cm³/mol. The summed E-state index contributed by atoms with van der Waals surface area (Å²) >= 11 is 5.77. The number of benzene rings is 2. The van der Waals surface area contributed by atoms with Gasteiger partial charge in [-0.2, -0.15) is 0 Å². The zero-order chi connectivity index (χ0) is 16.8. The van der Waals surface area contributed by atoms with E-state index < -0.39 is 11.9 Å². The van der Waals surface area contributed by atoms with Crippen molar-refractivity contribution in [3.05, 3.63) is 58.6 Å². The lowest BCUT2D eigenvalue weighted by molar-refractivity contribution is 0.0680. The second-order valence-electron chi connectivity index (χ2n) is 4.68. The quantitative estimate of drug-likeness (QED) is 0.637. The van der Waals surface area contributed by atoms with E-state index in [1.54, 1.807) is 24.3 Å². The lowest BCUT2D eigenvalue weighted by Crippen LogP contribution is -2.13. The molecule has 1 N–H and O–H groups in total.